The monoisotopic (exact) mass is 507 g/mol. The molecule has 12 heteroatoms. The molecule has 5 rings (SSSR count). The molecule has 3 heterocycles. The number of likely N-dealkylation sites (tertiary alicyclic amines) is 1. The predicted molar refractivity (Wildman–Crippen MR) is 121 cm³/mol. The van der Waals surface area contributed by atoms with E-state index in [2.05, 4.69) is 4.90 Å². The molecule has 2 aromatic rings. The van der Waals surface area contributed by atoms with Gasteiger partial charge in [-0.3, -0.25) is 14.5 Å². The molecule has 9 nitrogen and oxygen atoms in total. The van der Waals surface area contributed by atoms with E-state index in [1.54, 1.807) is 18.2 Å². The summed E-state index contributed by atoms with van der Waals surface area (Å²) in [7, 11) is 1.98. The summed E-state index contributed by atoms with van der Waals surface area (Å²) in [4.78, 5) is 40.5. The number of benzene rings is 2. The van der Waals surface area contributed by atoms with E-state index < -0.39 is 12.1 Å². The van der Waals surface area contributed by atoms with Crippen LogP contribution in [0.1, 0.15) is 16.8 Å². The van der Waals surface area contributed by atoms with Gasteiger partial charge in [0.05, 0.1) is 12.1 Å². The normalized spacial score (nSPS) is 21.4. The lowest BCUT2D eigenvalue weighted by molar-refractivity contribution is -0.192. The van der Waals surface area contributed by atoms with E-state index in [9.17, 15) is 22.8 Å². The van der Waals surface area contributed by atoms with Crippen LogP contribution in [0.25, 0.3) is 0 Å². The lowest BCUT2D eigenvalue weighted by Crippen LogP contribution is -2.64. The maximum atomic E-state index is 13.1. The molecule has 1 spiro atoms. The number of nitrogens with zero attached hydrogens (tertiary/aromatic N) is 3. The van der Waals surface area contributed by atoms with Crippen LogP contribution in [0.5, 0.6) is 11.5 Å². The third-order valence-corrected chi connectivity index (χ3v) is 6.49. The van der Waals surface area contributed by atoms with E-state index in [1.807, 2.05) is 47.2 Å². The number of piperazine rings is 1. The van der Waals surface area contributed by atoms with Gasteiger partial charge in [-0.25, -0.2) is 4.79 Å². The minimum atomic E-state index is -5.08. The third kappa shape index (κ3) is 5.08. The molecule has 2 amide bonds. The number of rotatable bonds is 2. The van der Waals surface area contributed by atoms with E-state index in [1.165, 1.54) is 0 Å². The van der Waals surface area contributed by atoms with E-state index in [0.717, 1.165) is 12.1 Å². The Labute approximate surface area is 204 Å². The highest BCUT2D eigenvalue weighted by Gasteiger charge is 2.48. The van der Waals surface area contributed by atoms with Crippen molar-refractivity contribution < 1.29 is 42.1 Å². The zero-order valence-corrected chi connectivity index (χ0v) is 19.3. The first kappa shape index (κ1) is 25.3. The number of fused-ring (bicyclic) bond motifs is 1. The van der Waals surface area contributed by atoms with E-state index >= 15 is 0 Å². The SMILES string of the molecule is CN1CC(=O)N(c2ccccc2)CC12CCN(C(=O)c1ccc3c(c1)OCO3)C2.O=C(O)C(F)(F)F. The number of hydrogen-bond acceptors (Lipinski definition) is 6. The van der Waals surface area contributed by atoms with Gasteiger partial charge in [0.25, 0.3) is 5.91 Å². The molecule has 0 aliphatic carbocycles. The Hall–Kier alpha value is -3.80. The van der Waals surface area contributed by atoms with Gasteiger partial charge in [-0.15, -0.1) is 0 Å². The van der Waals surface area contributed by atoms with Gasteiger partial charge in [0, 0.05) is 30.9 Å². The molecule has 2 saturated heterocycles. The van der Waals surface area contributed by atoms with E-state index in [-0.39, 0.29) is 24.1 Å². The zero-order valence-electron chi connectivity index (χ0n) is 19.3. The van der Waals surface area contributed by atoms with Crippen molar-refractivity contribution in [3.05, 3.63) is 54.1 Å². The van der Waals surface area contributed by atoms with Crippen LogP contribution in [0.2, 0.25) is 0 Å². The summed E-state index contributed by atoms with van der Waals surface area (Å²) in [6.45, 7) is 2.37. The van der Waals surface area contributed by atoms with Gasteiger partial charge < -0.3 is 24.4 Å². The maximum Gasteiger partial charge on any atom is 0.490 e. The lowest BCUT2D eigenvalue weighted by Gasteiger charge is -2.46. The minimum absolute atomic E-state index is 0.0169. The first-order chi connectivity index (χ1) is 17.0. The van der Waals surface area contributed by atoms with Crippen LogP contribution in [0.4, 0.5) is 18.9 Å². The topological polar surface area (TPSA) is 99.6 Å². The van der Waals surface area contributed by atoms with Crippen molar-refractivity contribution in [2.45, 2.75) is 18.1 Å². The second kappa shape index (κ2) is 9.69. The molecule has 1 atom stereocenters. The largest absolute Gasteiger partial charge is 0.490 e. The number of ether oxygens (including phenoxy) is 2. The fourth-order valence-corrected chi connectivity index (χ4v) is 4.48. The number of carboxylic acids is 1. The fraction of sp³-hybridized carbons (Fsp3) is 0.375. The molecule has 3 aliphatic heterocycles. The number of alkyl halides is 3. The number of carbonyl (C=O) groups excluding carboxylic acids is 2. The van der Waals surface area contributed by atoms with Crippen LogP contribution in [0.3, 0.4) is 0 Å². The minimum Gasteiger partial charge on any atom is -0.475 e. The summed E-state index contributed by atoms with van der Waals surface area (Å²) < 4.78 is 42.5. The number of hydrogen-bond donors (Lipinski definition) is 1. The second-order valence-electron chi connectivity index (χ2n) is 8.74. The van der Waals surface area contributed by atoms with Crippen molar-refractivity contribution in [3.8, 4) is 11.5 Å². The van der Waals surface area contributed by atoms with Crippen molar-refractivity contribution in [2.24, 2.45) is 0 Å². The molecule has 0 radical (unpaired) electrons. The molecule has 2 aromatic carbocycles. The van der Waals surface area contributed by atoms with Crippen LogP contribution < -0.4 is 14.4 Å². The molecule has 36 heavy (non-hydrogen) atoms. The number of carbonyl (C=O) groups is 3. The Morgan fingerprint density at radius 1 is 1.03 bits per heavy atom. The first-order valence-corrected chi connectivity index (χ1v) is 11.1. The molecule has 0 saturated carbocycles. The van der Waals surface area contributed by atoms with Crippen LogP contribution in [0.15, 0.2) is 48.5 Å². The lowest BCUT2D eigenvalue weighted by atomic mass is 9.92. The third-order valence-electron chi connectivity index (χ3n) is 6.49. The van der Waals surface area contributed by atoms with Crippen molar-refractivity contribution in [2.75, 3.05) is 44.9 Å². The van der Waals surface area contributed by atoms with Crippen molar-refractivity contribution in [1.29, 1.82) is 0 Å². The highest BCUT2D eigenvalue weighted by Crippen LogP contribution is 2.36. The Balaban J connectivity index is 0.000000384. The van der Waals surface area contributed by atoms with Gasteiger partial charge in [-0.2, -0.15) is 13.2 Å². The van der Waals surface area contributed by atoms with Gasteiger partial charge in [-0.1, -0.05) is 18.2 Å². The summed E-state index contributed by atoms with van der Waals surface area (Å²) in [5.41, 5.74) is 1.27. The van der Waals surface area contributed by atoms with Gasteiger partial charge in [-0.05, 0) is 43.8 Å². The highest BCUT2D eigenvalue weighted by atomic mass is 19.4. The number of aliphatic carboxylic acids is 1. The maximum absolute atomic E-state index is 13.1. The molecular weight excluding hydrogens is 483 g/mol. The Kier molecular flexibility index (Phi) is 6.81. The average molecular weight is 507 g/mol. The Morgan fingerprint density at radius 2 is 1.69 bits per heavy atom. The second-order valence-corrected chi connectivity index (χ2v) is 8.74. The summed E-state index contributed by atoms with van der Waals surface area (Å²) in [6.07, 6.45) is -4.25. The standard InChI is InChI=1S/C22H23N3O4.C2HF3O2/c1-23-12-20(26)25(17-5-3-2-4-6-17)14-22(23)9-10-24(13-22)21(27)16-7-8-18-19(11-16)29-15-28-18;3-2(4,5)1(6)7/h2-8,11H,9-10,12-15H2,1H3;(H,6,7). The average Bonchev–Trinajstić information content (AvgIpc) is 3.49. The van der Waals surface area contributed by atoms with Gasteiger partial charge in [0.1, 0.15) is 0 Å². The summed E-state index contributed by atoms with van der Waals surface area (Å²) in [5, 5.41) is 7.12. The number of para-hydroxylation sites is 1. The number of carboxylic acid groups (broad SMARTS) is 1. The number of halogens is 3. The highest BCUT2D eigenvalue weighted by molar-refractivity contribution is 5.97. The first-order valence-electron chi connectivity index (χ1n) is 11.1. The van der Waals surface area contributed by atoms with Crippen LogP contribution in [-0.2, 0) is 9.59 Å². The fourth-order valence-electron chi connectivity index (χ4n) is 4.48. The van der Waals surface area contributed by atoms with Crippen LogP contribution >= 0.6 is 0 Å². The van der Waals surface area contributed by atoms with Crippen molar-refractivity contribution in [3.63, 3.8) is 0 Å². The predicted octanol–water partition coefficient (Wildman–Crippen LogP) is 2.61. The van der Waals surface area contributed by atoms with E-state index in [0.29, 0.717) is 43.2 Å². The number of amides is 2. The Morgan fingerprint density at radius 3 is 2.36 bits per heavy atom. The molecule has 0 bridgehead atoms. The molecule has 0 aromatic heterocycles. The molecular formula is C24H24F3N3O6. The smallest absolute Gasteiger partial charge is 0.475 e. The van der Waals surface area contributed by atoms with Crippen LogP contribution in [-0.4, -0.2) is 84.4 Å². The molecule has 3 aliphatic rings. The van der Waals surface area contributed by atoms with Gasteiger partial charge in [0.15, 0.2) is 11.5 Å². The van der Waals surface area contributed by atoms with Gasteiger partial charge in [0.2, 0.25) is 12.7 Å². The van der Waals surface area contributed by atoms with Gasteiger partial charge >= 0.3 is 12.1 Å². The van der Waals surface area contributed by atoms with E-state index in [4.69, 9.17) is 19.4 Å². The molecule has 192 valence electrons. The van der Waals surface area contributed by atoms with Crippen molar-refractivity contribution in [1.82, 2.24) is 9.80 Å². The molecule has 2 fully saturated rings. The Bertz CT molecular complexity index is 1160. The molecule has 1 N–H and O–H groups in total. The quantitative estimate of drug-likeness (QED) is 0.667. The summed E-state index contributed by atoms with van der Waals surface area (Å²) in [5.74, 6) is -1.40. The van der Waals surface area contributed by atoms with Crippen molar-refractivity contribution >= 4 is 23.5 Å². The number of anilines is 1. The zero-order chi connectivity index (χ0) is 26.1. The molecule has 1 unspecified atom stereocenters. The number of likely N-dealkylation sites (N-methyl/N-ethyl adjacent to an activating group) is 1. The summed E-state index contributed by atoms with van der Waals surface area (Å²) >= 11 is 0. The van der Waals surface area contributed by atoms with Crippen LogP contribution in [0, 0.1) is 0 Å². The summed E-state index contributed by atoms with van der Waals surface area (Å²) in [6, 6.07) is 15.1.